The monoisotopic (exact) mass is 298 g/mol. The topological polar surface area (TPSA) is 49.4 Å². The molecule has 0 aromatic heterocycles. The van der Waals surface area contributed by atoms with Crippen LogP contribution in [0.3, 0.4) is 0 Å². The number of amides is 2. The number of nitrogens with one attached hydrogen (secondary N) is 1. The Labute approximate surface area is 109 Å². The highest BCUT2D eigenvalue weighted by Crippen LogP contribution is 2.11. The summed E-state index contributed by atoms with van der Waals surface area (Å²) in [6, 6.07) is 7.03. The summed E-state index contributed by atoms with van der Waals surface area (Å²) in [6.45, 7) is 2.54. The van der Waals surface area contributed by atoms with Crippen molar-refractivity contribution in [1.82, 2.24) is 10.2 Å². The average molecular weight is 299 g/mol. The van der Waals surface area contributed by atoms with Crippen molar-refractivity contribution in [3.05, 3.63) is 34.3 Å². The number of nitrogens with zero attached hydrogens (tertiary/aromatic N) is 1. The van der Waals surface area contributed by atoms with Crippen LogP contribution in [0.1, 0.15) is 17.3 Å². The molecule has 4 nitrogen and oxygen atoms in total. The third-order valence-corrected chi connectivity index (χ3v) is 2.88. The normalized spacial score (nSPS) is 9.82. The number of benzene rings is 1. The van der Waals surface area contributed by atoms with Gasteiger partial charge in [0.15, 0.2) is 0 Å². The van der Waals surface area contributed by atoms with E-state index >= 15 is 0 Å². The summed E-state index contributed by atoms with van der Waals surface area (Å²) in [5.74, 6) is -0.347. The number of hydrogen-bond acceptors (Lipinski definition) is 2. The summed E-state index contributed by atoms with van der Waals surface area (Å²) in [5.41, 5.74) is 0.534. The Kier molecular flexibility index (Phi) is 5.15. The number of halogens is 1. The van der Waals surface area contributed by atoms with Gasteiger partial charge in [0.05, 0.1) is 6.54 Å². The second-order valence-electron chi connectivity index (χ2n) is 3.60. The quantitative estimate of drug-likeness (QED) is 0.919. The van der Waals surface area contributed by atoms with Gasteiger partial charge in [-0.2, -0.15) is 0 Å². The Morgan fingerprint density at radius 2 is 2.12 bits per heavy atom. The Hall–Kier alpha value is -1.36. The van der Waals surface area contributed by atoms with Crippen LogP contribution in [0.5, 0.6) is 0 Å². The van der Waals surface area contributed by atoms with Crippen molar-refractivity contribution in [2.75, 3.05) is 20.1 Å². The Morgan fingerprint density at radius 1 is 1.41 bits per heavy atom. The van der Waals surface area contributed by atoms with Crippen molar-refractivity contribution in [3.63, 3.8) is 0 Å². The standard InChI is InChI=1S/C12H15BrN2O2/c1-3-15(2)11(16)8-14-12(17)9-5-4-6-10(13)7-9/h4-7H,3,8H2,1-2H3,(H,14,17). The molecule has 1 N–H and O–H groups in total. The molecule has 0 spiro atoms. The molecule has 0 heterocycles. The van der Waals surface area contributed by atoms with Crippen molar-refractivity contribution in [3.8, 4) is 0 Å². The van der Waals surface area contributed by atoms with E-state index < -0.39 is 0 Å². The van der Waals surface area contributed by atoms with Crippen LogP contribution in [0.2, 0.25) is 0 Å². The maximum Gasteiger partial charge on any atom is 0.251 e. The lowest BCUT2D eigenvalue weighted by Gasteiger charge is -2.14. The summed E-state index contributed by atoms with van der Waals surface area (Å²) in [7, 11) is 1.70. The van der Waals surface area contributed by atoms with Crippen LogP contribution in [-0.2, 0) is 4.79 Å². The van der Waals surface area contributed by atoms with E-state index in [0.29, 0.717) is 12.1 Å². The first kappa shape index (κ1) is 13.7. The molecule has 0 aliphatic heterocycles. The molecule has 1 aromatic rings. The molecule has 0 atom stereocenters. The zero-order chi connectivity index (χ0) is 12.8. The van der Waals surface area contributed by atoms with E-state index in [-0.39, 0.29) is 18.4 Å². The molecule has 0 unspecified atom stereocenters. The molecule has 2 amide bonds. The fourth-order valence-electron chi connectivity index (χ4n) is 1.20. The van der Waals surface area contributed by atoms with Crippen molar-refractivity contribution < 1.29 is 9.59 Å². The van der Waals surface area contributed by atoms with Crippen LogP contribution in [0.25, 0.3) is 0 Å². The van der Waals surface area contributed by atoms with E-state index in [1.807, 2.05) is 13.0 Å². The minimum absolute atomic E-state index is 0.0235. The van der Waals surface area contributed by atoms with Gasteiger partial charge in [-0.1, -0.05) is 22.0 Å². The smallest absolute Gasteiger partial charge is 0.251 e. The van der Waals surface area contributed by atoms with Crippen LogP contribution in [0.15, 0.2) is 28.7 Å². The maximum absolute atomic E-state index is 11.7. The molecule has 0 aliphatic rings. The lowest BCUT2D eigenvalue weighted by molar-refractivity contribution is -0.128. The van der Waals surface area contributed by atoms with Crippen molar-refractivity contribution in [2.45, 2.75) is 6.92 Å². The van der Waals surface area contributed by atoms with Gasteiger partial charge in [-0.15, -0.1) is 0 Å². The number of carbonyl (C=O) groups excluding carboxylic acids is 2. The van der Waals surface area contributed by atoms with E-state index in [2.05, 4.69) is 21.2 Å². The summed E-state index contributed by atoms with van der Waals surface area (Å²) in [5, 5.41) is 2.59. The van der Waals surface area contributed by atoms with Crippen LogP contribution in [0, 0.1) is 0 Å². The molecule has 1 aromatic carbocycles. The fraction of sp³-hybridized carbons (Fsp3) is 0.333. The Bertz CT molecular complexity index is 421. The van der Waals surface area contributed by atoms with Crippen molar-refractivity contribution in [2.24, 2.45) is 0 Å². The molecule has 5 heteroatoms. The first-order valence-electron chi connectivity index (χ1n) is 5.32. The summed E-state index contributed by atoms with van der Waals surface area (Å²) in [6.07, 6.45) is 0. The van der Waals surface area contributed by atoms with Gasteiger partial charge in [-0.25, -0.2) is 0 Å². The molecule has 0 aliphatic carbocycles. The van der Waals surface area contributed by atoms with Crippen LogP contribution >= 0.6 is 15.9 Å². The number of rotatable bonds is 4. The van der Waals surface area contributed by atoms with Gasteiger partial charge in [-0.05, 0) is 25.1 Å². The van der Waals surface area contributed by atoms with E-state index in [1.54, 1.807) is 30.1 Å². The minimum atomic E-state index is -0.246. The molecule has 0 saturated heterocycles. The highest BCUT2D eigenvalue weighted by Gasteiger charge is 2.10. The molecule has 92 valence electrons. The highest BCUT2D eigenvalue weighted by atomic mass is 79.9. The van der Waals surface area contributed by atoms with Crippen LogP contribution in [0.4, 0.5) is 0 Å². The molecule has 0 fully saturated rings. The van der Waals surface area contributed by atoms with Crippen LogP contribution < -0.4 is 5.32 Å². The molecule has 0 bridgehead atoms. The Balaban J connectivity index is 2.53. The van der Waals surface area contributed by atoms with Gasteiger partial charge in [0, 0.05) is 23.6 Å². The minimum Gasteiger partial charge on any atom is -0.345 e. The third kappa shape index (κ3) is 4.19. The van der Waals surface area contributed by atoms with Crippen molar-refractivity contribution >= 4 is 27.7 Å². The van der Waals surface area contributed by atoms with E-state index in [1.165, 1.54) is 0 Å². The van der Waals surface area contributed by atoms with Gasteiger partial charge in [0.25, 0.3) is 5.91 Å². The van der Waals surface area contributed by atoms with Gasteiger partial charge >= 0.3 is 0 Å². The molecular formula is C12H15BrN2O2. The van der Waals surface area contributed by atoms with Gasteiger partial charge in [-0.3, -0.25) is 9.59 Å². The molecular weight excluding hydrogens is 284 g/mol. The van der Waals surface area contributed by atoms with Crippen LogP contribution in [-0.4, -0.2) is 36.9 Å². The molecule has 1 rings (SSSR count). The summed E-state index contributed by atoms with van der Waals surface area (Å²) in [4.78, 5) is 24.7. The van der Waals surface area contributed by atoms with Gasteiger partial charge in [0.2, 0.25) is 5.91 Å². The molecule has 17 heavy (non-hydrogen) atoms. The largest absolute Gasteiger partial charge is 0.345 e. The van der Waals surface area contributed by atoms with Crippen molar-refractivity contribution in [1.29, 1.82) is 0 Å². The maximum atomic E-state index is 11.7. The molecule has 0 saturated carbocycles. The summed E-state index contributed by atoms with van der Waals surface area (Å²) >= 11 is 3.29. The highest BCUT2D eigenvalue weighted by molar-refractivity contribution is 9.10. The van der Waals surface area contributed by atoms with E-state index in [4.69, 9.17) is 0 Å². The van der Waals surface area contributed by atoms with Gasteiger partial charge < -0.3 is 10.2 Å². The van der Waals surface area contributed by atoms with Gasteiger partial charge in [0.1, 0.15) is 0 Å². The SMILES string of the molecule is CCN(C)C(=O)CNC(=O)c1cccc(Br)c1. The zero-order valence-corrected chi connectivity index (χ0v) is 11.5. The third-order valence-electron chi connectivity index (χ3n) is 2.39. The lowest BCUT2D eigenvalue weighted by Crippen LogP contribution is -2.37. The van der Waals surface area contributed by atoms with E-state index in [9.17, 15) is 9.59 Å². The second-order valence-corrected chi connectivity index (χ2v) is 4.52. The number of likely N-dealkylation sites (N-methyl/N-ethyl adjacent to an activating group) is 1. The predicted molar refractivity (Wildman–Crippen MR) is 69.8 cm³/mol. The molecule has 0 radical (unpaired) electrons. The first-order chi connectivity index (χ1) is 8.04. The van der Waals surface area contributed by atoms with E-state index in [0.717, 1.165) is 4.47 Å². The predicted octanol–water partition coefficient (Wildman–Crippen LogP) is 1.66. The second kappa shape index (κ2) is 6.39. The zero-order valence-electron chi connectivity index (χ0n) is 9.87. The summed E-state index contributed by atoms with van der Waals surface area (Å²) < 4.78 is 0.835. The number of carbonyl (C=O) groups is 2. The lowest BCUT2D eigenvalue weighted by atomic mass is 10.2. The average Bonchev–Trinajstić information content (AvgIpc) is 2.34. The Morgan fingerprint density at radius 3 is 2.71 bits per heavy atom. The fourth-order valence-corrected chi connectivity index (χ4v) is 1.60. The first-order valence-corrected chi connectivity index (χ1v) is 6.11. The number of hydrogen-bond donors (Lipinski definition) is 1.